The van der Waals surface area contributed by atoms with Gasteiger partial charge in [0, 0.05) is 10.0 Å². The molecule has 1 aromatic carbocycles. The van der Waals surface area contributed by atoms with Gasteiger partial charge in [-0.2, -0.15) is 0 Å². The zero-order chi connectivity index (χ0) is 13.4. The van der Waals surface area contributed by atoms with Crippen molar-refractivity contribution in [3.8, 4) is 17.0 Å². The van der Waals surface area contributed by atoms with Gasteiger partial charge in [-0.3, -0.25) is 0 Å². The third-order valence-electron chi connectivity index (χ3n) is 3.34. The van der Waals surface area contributed by atoms with Gasteiger partial charge in [0.15, 0.2) is 0 Å². The second-order valence-corrected chi connectivity index (χ2v) is 5.27. The number of hydrogen-bond donors (Lipinski definition) is 1. The Bertz CT molecular complexity index is 602. The minimum absolute atomic E-state index is 0.904. The molecule has 1 N–H and O–H groups in total. The zero-order valence-corrected chi connectivity index (χ0v) is 12.9. The van der Waals surface area contributed by atoms with Crippen molar-refractivity contribution in [1.29, 1.82) is 0 Å². The summed E-state index contributed by atoms with van der Waals surface area (Å²) < 4.78 is 6.72. The zero-order valence-electron chi connectivity index (χ0n) is 11.3. The lowest BCUT2D eigenvalue weighted by Crippen LogP contribution is -1.99. The number of aryl methyl sites for hydroxylation is 1. The Morgan fingerprint density at radius 2 is 1.78 bits per heavy atom. The highest BCUT2D eigenvalue weighted by atomic mass is 79.9. The molecule has 18 heavy (non-hydrogen) atoms. The van der Waals surface area contributed by atoms with Gasteiger partial charge in [-0.25, -0.2) is 4.98 Å². The van der Waals surface area contributed by atoms with Crippen LogP contribution in [-0.2, 0) is 0 Å². The quantitative estimate of drug-likeness (QED) is 0.907. The van der Waals surface area contributed by atoms with Gasteiger partial charge < -0.3 is 9.72 Å². The van der Waals surface area contributed by atoms with Crippen LogP contribution >= 0.6 is 15.9 Å². The number of ether oxygens (including phenoxy) is 1. The maximum absolute atomic E-state index is 5.59. The molecule has 0 fully saturated rings. The fourth-order valence-corrected chi connectivity index (χ4v) is 2.71. The second kappa shape index (κ2) is 4.76. The van der Waals surface area contributed by atoms with Crippen LogP contribution in [0.4, 0.5) is 0 Å². The number of aromatic amines is 1. The van der Waals surface area contributed by atoms with Crippen LogP contribution in [0.25, 0.3) is 11.3 Å². The minimum atomic E-state index is 0.904. The summed E-state index contributed by atoms with van der Waals surface area (Å²) >= 11 is 3.66. The number of methoxy groups -OCH3 is 1. The molecule has 0 radical (unpaired) electrons. The van der Waals surface area contributed by atoms with Crippen molar-refractivity contribution in [1.82, 2.24) is 9.97 Å². The summed E-state index contributed by atoms with van der Waals surface area (Å²) in [6, 6.07) is 0. The molecule has 0 saturated heterocycles. The first-order valence-electron chi connectivity index (χ1n) is 5.82. The molecule has 0 aliphatic heterocycles. The summed E-state index contributed by atoms with van der Waals surface area (Å²) in [5, 5.41) is 0. The standard InChI is InChI=1S/C14H17BrN2O/c1-7-8(2)14(18-5)12(9(3)13(7)15)11-6-16-10(4)17-11/h6H,1-5H3,(H,16,17). The third-order valence-corrected chi connectivity index (χ3v) is 4.53. The topological polar surface area (TPSA) is 37.9 Å². The number of imidazole rings is 1. The number of rotatable bonds is 2. The van der Waals surface area contributed by atoms with Crippen molar-refractivity contribution in [2.75, 3.05) is 7.11 Å². The molecular formula is C14H17BrN2O. The highest BCUT2D eigenvalue weighted by Crippen LogP contribution is 2.41. The molecule has 4 heteroatoms. The van der Waals surface area contributed by atoms with Crippen LogP contribution in [0.1, 0.15) is 22.5 Å². The van der Waals surface area contributed by atoms with Crippen molar-refractivity contribution in [2.45, 2.75) is 27.7 Å². The normalized spacial score (nSPS) is 10.8. The van der Waals surface area contributed by atoms with Crippen LogP contribution in [-0.4, -0.2) is 17.1 Å². The van der Waals surface area contributed by atoms with E-state index in [0.717, 1.165) is 32.9 Å². The molecule has 1 heterocycles. The average Bonchev–Trinajstić information content (AvgIpc) is 2.77. The van der Waals surface area contributed by atoms with E-state index < -0.39 is 0 Å². The summed E-state index contributed by atoms with van der Waals surface area (Å²) in [5.41, 5.74) is 5.60. The van der Waals surface area contributed by atoms with Gasteiger partial charge in [0.2, 0.25) is 0 Å². The summed E-state index contributed by atoms with van der Waals surface area (Å²) in [7, 11) is 1.71. The smallest absolute Gasteiger partial charge is 0.131 e. The van der Waals surface area contributed by atoms with Crippen LogP contribution < -0.4 is 4.74 Å². The fourth-order valence-electron chi connectivity index (χ4n) is 2.21. The number of nitrogens with one attached hydrogen (secondary N) is 1. The Kier molecular flexibility index (Phi) is 3.48. The van der Waals surface area contributed by atoms with E-state index in [1.54, 1.807) is 7.11 Å². The van der Waals surface area contributed by atoms with E-state index in [-0.39, 0.29) is 0 Å². The molecule has 0 atom stereocenters. The lowest BCUT2D eigenvalue weighted by molar-refractivity contribution is 0.412. The highest BCUT2D eigenvalue weighted by molar-refractivity contribution is 9.10. The van der Waals surface area contributed by atoms with E-state index in [9.17, 15) is 0 Å². The lowest BCUT2D eigenvalue weighted by atomic mass is 9.97. The van der Waals surface area contributed by atoms with E-state index in [2.05, 4.69) is 46.7 Å². The SMILES string of the molecule is COc1c(C)c(C)c(Br)c(C)c1-c1cnc(C)[nH]1. The number of H-pyrrole nitrogens is 1. The Balaban J connectivity index is 2.81. The van der Waals surface area contributed by atoms with Crippen molar-refractivity contribution in [2.24, 2.45) is 0 Å². The molecule has 0 amide bonds. The first-order chi connectivity index (χ1) is 8.47. The minimum Gasteiger partial charge on any atom is -0.496 e. The summed E-state index contributed by atoms with van der Waals surface area (Å²) in [5.74, 6) is 1.82. The molecule has 2 rings (SSSR count). The second-order valence-electron chi connectivity index (χ2n) is 4.48. The Morgan fingerprint density at radius 1 is 1.11 bits per heavy atom. The van der Waals surface area contributed by atoms with Crippen LogP contribution in [0.2, 0.25) is 0 Å². The van der Waals surface area contributed by atoms with Crippen molar-refractivity contribution >= 4 is 15.9 Å². The summed E-state index contributed by atoms with van der Waals surface area (Å²) in [6.07, 6.45) is 1.85. The van der Waals surface area contributed by atoms with Crippen LogP contribution in [0.3, 0.4) is 0 Å². The molecule has 2 aromatic rings. The Morgan fingerprint density at radius 3 is 2.28 bits per heavy atom. The average molecular weight is 309 g/mol. The molecule has 1 aromatic heterocycles. The monoisotopic (exact) mass is 308 g/mol. The Labute approximate surface area is 116 Å². The third kappa shape index (κ3) is 1.94. The predicted molar refractivity (Wildman–Crippen MR) is 77.2 cm³/mol. The van der Waals surface area contributed by atoms with Gasteiger partial charge in [-0.05, 0) is 44.4 Å². The van der Waals surface area contributed by atoms with Crippen LogP contribution in [0.5, 0.6) is 5.75 Å². The largest absolute Gasteiger partial charge is 0.496 e. The van der Waals surface area contributed by atoms with Crippen molar-refractivity contribution in [3.05, 3.63) is 33.2 Å². The Hall–Kier alpha value is -1.29. The van der Waals surface area contributed by atoms with Gasteiger partial charge in [0.1, 0.15) is 11.6 Å². The highest BCUT2D eigenvalue weighted by Gasteiger charge is 2.19. The molecule has 0 bridgehead atoms. The number of benzene rings is 1. The van der Waals surface area contributed by atoms with Gasteiger partial charge in [0.05, 0.1) is 19.0 Å². The summed E-state index contributed by atoms with van der Waals surface area (Å²) in [6.45, 7) is 8.20. The number of nitrogens with zero attached hydrogens (tertiary/aromatic N) is 1. The van der Waals surface area contributed by atoms with Gasteiger partial charge in [-0.15, -0.1) is 0 Å². The van der Waals surface area contributed by atoms with E-state index in [1.807, 2.05) is 13.1 Å². The number of halogens is 1. The van der Waals surface area contributed by atoms with Gasteiger partial charge >= 0.3 is 0 Å². The van der Waals surface area contributed by atoms with Gasteiger partial charge in [-0.1, -0.05) is 15.9 Å². The molecule has 96 valence electrons. The maximum atomic E-state index is 5.59. The molecule has 0 spiro atoms. The number of aromatic nitrogens is 2. The first kappa shape index (κ1) is 13.1. The van der Waals surface area contributed by atoms with E-state index in [0.29, 0.717) is 0 Å². The van der Waals surface area contributed by atoms with E-state index >= 15 is 0 Å². The number of hydrogen-bond acceptors (Lipinski definition) is 2. The van der Waals surface area contributed by atoms with Crippen LogP contribution in [0.15, 0.2) is 10.7 Å². The molecular weight excluding hydrogens is 292 g/mol. The molecule has 0 aliphatic rings. The van der Waals surface area contributed by atoms with Crippen molar-refractivity contribution in [3.63, 3.8) is 0 Å². The van der Waals surface area contributed by atoms with E-state index in [1.165, 1.54) is 11.1 Å². The maximum Gasteiger partial charge on any atom is 0.131 e. The lowest BCUT2D eigenvalue weighted by Gasteiger charge is -2.17. The molecule has 3 nitrogen and oxygen atoms in total. The molecule has 0 unspecified atom stereocenters. The van der Waals surface area contributed by atoms with E-state index in [4.69, 9.17) is 4.74 Å². The molecule has 0 saturated carbocycles. The van der Waals surface area contributed by atoms with Crippen molar-refractivity contribution < 1.29 is 4.74 Å². The summed E-state index contributed by atoms with van der Waals surface area (Å²) in [4.78, 5) is 7.53. The fraction of sp³-hybridized carbons (Fsp3) is 0.357. The van der Waals surface area contributed by atoms with Crippen LogP contribution in [0, 0.1) is 27.7 Å². The van der Waals surface area contributed by atoms with Gasteiger partial charge in [0.25, 0.3) is 0 Å². The molecule has 0 aliphatic carbocycles. The predicted octanol–water partition coefficient (Wildman–Crippen LogP) is 4.08. The first-order valence-corrected chi connectivity index (χ1v) is 6.61.